The average molecular weight is 491 g/mol. The highest BCUT2D eigenvalue weighted by molar-refractivity contribution is 5.98. The van der Waals surface area contributed by atoms with Crippen molar-refractivity contribution in [3.05, 3.63) is 65.2 Å². The molecule has 8 heteroatoms. The van der Waals surface area contributed by atoms with E-state index >= 15 is 0 Å². The molecule has 2 atom stereocenters. The number of rotatable bonds is 11. The summed E-state index contributed by atoms with van der Waals surface area (Å²) in [5, 5.41) is 23.9. The molecule has 36 heavy (non-hydrogen) atoms. The number of aliphatic hydroxyl groups excluding tert-OH is 2. The Labute approximate surface area is 211 Å². The van der Waals surface area contributed by atoms with Gasteiger partial charge in [0.15, 0.2) is 5.78 Å². The number of amides is 2. The SMILES string of the molecule is COCCCCC(=O)Nc1ccc(C#CC#Cc2ccc(C(=O)N[C@H](C(=O)CO)[C@@H](C)O)cc2)cc1. The van der Waals surface area contributed by atoms with Crippen molar-refractivity contribution in [2.75, 3.05) is 25.6 Å². The van der Waals surface area contributed by atoms with E-state index in [1.54, 1.807) is 55.6 Å². The molecule has 188 valence electrons. The van der Waals surface area contributed by atoms with Crippen LogP contribution in [0.1, 0.15) is 47.7 Å². The van der Waals surface area contributed by atoms with Gasteiger partial charge in [-0.25, -0.2) is 0 Å². The van der Waals surface area contributed by atoms with Gasteiger partial charge in [-0.2, -0.15) is 0 Å². The van der Waals surface area contributed by atoms with Crippen LogP contribution in [-0.2, 0) is 14.3 Å². The molecule has 8 nitrogen and oxygen atoms in total. The summed E-state index contributed by atoms with van der Waals surface area (Å²) in [5.41, 5.74) is 2.38. The van der Waals surface area contributed by atoms with Gasteiger partial charge in [-0.3, -0.25) is 14.4 Å². The highest BCUT2D eigenvalue weighted by Gasteiger charge is 2.25. The van der Waals surface area contributed by atoms with Gasteiger partial charge in [0.1, 0.15) is 12.6 Å². The van der Waals surface area contributed by atoms with E-state index in [9.17, 15) is 19.5 Å². The molecular weight excluding hydrogens is 460 g/mol. The maximum absolute atomic E-state index is 12.3. The minimum absolute atomic E-state index is 0.0410. The second-order valence-corrected chi connectivity index (χ2v) is 7.97. The lowest BCUT2D eigenvalue weighted by atomic mass is 10.1. The first kappa shape index (κ1) is 28.3. The van der Waals surface area contributed by atoms with Crippen LogP contribution in [0.4, 0.5) is 5.69 Å². The number of aliphatic hydroxyl groups is 2. The van der Waals surface area contributed by atoms with E-state index in [4.69, 9.17) is 9.84 Å². The molecule has 0 saturated carbocycles. The molecular formula is C28H30N2O6. The number of anilines is 1. The van der Waals surface area contributed by atoms with E-state index in [1.165, 1.54) is 6.92 Å². The highest BCUT2D eigenvalue weighted by atomic mass is 16.5. The van der Waals surface area contributed by atoms with E-state index in [-0.39, 0.29) is 11.5 Å². The molecule has 0 aliphatic rings. The van der Waals surface area contributed by atoms with E-state index in [0.717, 1.165) is 18.4 Å². The van der Waals surface area contributed by atoms with Crippen molar-refractivity contribution in [3.63, 3.8) is 0 Å². The zero-order valence-electron chi connectivity index (χ0n) is 20.3. The number of hydrogen-bond donors (Lipinski definition) is 4. The van der Waals surface area contributed by atoms with Crippen molar-refractivity contribution in [1.82, 2.24) is 5.32 Å². The molecule has 2 amide bonds. The Hall–Kier alpha value is -3.95. The number of hydrogen-bond acceptors (Lipinski definition) is 6. The molecule has 0 saturated heterocycles. The van der Waals surface area contributed by atoms with Crippen molar-refractivity contribution < 1.29 is 29.3 Å². The summed E-state index contributed by atoms with van der Waals surface area (Å²) < 4.78 is 4.97. The number of benzene rings is 2. The lowest BCUT2D eigenvalue weighted by Gasteiger charge is -2.19. The van der Waals surface area contributed by atoms with Crippen LogP contribution in [0.2, 0.25) is 0 Å². The Balaban J connectivity index is 1.90. The summed E-state index contributed by atoms with van der Waals surface area (Å²) in [4.78, 5) is 35.9. The molecule has 0 aromatic heterocycles. The summed E-state index contributed by atoms with van der Waals surface area (Å²) in [7, 11) is 1.64. The van der Waals surface area contributed by atoms with Gasteiger partial charge >= 0.3 is 0 Å². The van der Waals surface area contributed by atoms with Crippen LogP contribution in [0.5, 0.6) is 0 Å². The summed E-state index contributed by atoms with van der Waals surface area (Å²) >= 11 is 0. The number of ketones is 1. The maximum Gasteiger partial charge on any atom is 0.251 e. The zero-order valence-corrected chi connectivity index (χ0v) is 20.3. The Morgan fingerprint density at radius 1 is 0.944 bits per heavy atom. The quantitative estimate of drug-likeness (QED) is 0.282. The van der Waals surface area contributed by atoms with Crippen molar-refractivity contribution in [2.45, 2.75) is 38.3 Å². The van der Waals surface area contributed by atoms with Gasteiger partial charge in [0, 0.05) is 42.5 Å². The zero-order chi connectivity index (χ0) is 26.3. The Bertz CT molecular complexity index is 1150. The second-order valence-electron chi connectivity index (χ2n) is 7.97. The summed E-state index contributed by atoms with van der Waals surface area (Å²) in [5.74, 6) is 10.1. The first-order chi connectivity index (χ1) is 17.3. The first-order valence-corrected chi connectivity index (χ1v) is 11.5. The van der Waals surface area contributed by atoms with E-state index in [2.05, 4.69) is 34.3 Å². The number of nitrogens with one attached hydrogen (secondary N) is 2. The second kappa shape index (κ2) is 15.1. The molecule has 2 aromatic rings. The lowest BCUT2D eigenvalue weighted by Crippen LogP contribution is -2.48. The molecule has 0 unspecified atom stereocenters. The smallest absolute Gasteiger partial charge is 0.251 e. The molecule has 0 radical (unpaired) electrons. The van der Waals surface area contributed by atoms with Crippen molar-refractivity contribution in [2.24, 2.45) is 0 Å². The standard InChI is InChI=1S/C28H30N2O6/c1-20(32)27(25(33)19-31)30-28(35)23-14-10-21(11-15-23)7-3-4-8-22-12-16-24(17-13-22)29-26(34)9-5-6-18-36-2/h10-17,20,27,31-32H,5-6,9,18-19H2,1-2H3,(H,29,34)(H,30,35)/t20-,27+/m1/s1. The average Bonchev–Trinajstić information content (AvgIpc) is 2.88. The summed E-state index contributed by atoms with van der Waals surface area (Å²) in [6, 6.07) is 12.3. The summed E-state index contributed by atoms with van der Waals surface area (Å²) in [6.07, 6.45) is 0.922. The molecule has 4 N–H and O–H groups in total. The third kappa shape index (κ3) is 9.73. The van der Waals surface area contributed by atoms with Gasteiger partial charge in [-0.1, -0.05) is 11.8 Å². The predicted molar refractivity (Wildman–Crippen MR) is 136 cm³/mol. The Morgan fingerprint density at radius 3 is 2.06 bits per heavy atom. The molecule has 2 rings (SSSR count). The summed E-state index contributed by atoms with van der Waals surface area (Å²) in [6.45, 7) is 1.23. The minimum atomic E-state index is -1.19. The van der Waals surface area contributed by atoms with Crippen LogP contribution >= 0.6 is 0 Å². The Kier molecular flexibility index (Phi) is 11.9. The molecule has 0 aliphatic heterocycles. The van der Waals surface area contributed by atoms with Crippen molar-refractivity contribution in [1.29, 1.82) is 0 Å². The van der Waals surface area contributed by atoms with Crippen LogP contribution in [0.15, 0.2) is 48.5 Å². The van der Waals surface area contributed by atoms with Crippen LogP contribution in [0.3, 0.4) is 0 Å². The molecule has 0 fully saturated rings. The largest absolute Gasteiger partial charge is 0.391 e. The Morgan fingerprint density at radius 2 is 1.53 bits per heavy atom. The fraction of sp³-hybridized carbons (Fsp3) is 0.321. The van der Waals surface area contributed by atoms with Gasteiger partial charge in [0.05, 0.1) is 6.10 Å². The van der Waals surface area contributed by atoms with Gasteiger partial charge in [-0.15, -0.1) is 0 Å². The van der Waals surface area contributed by atoms with Crippen LogP contribution in [-0.4, -0.2) is 60.3 Å². The van der Waals surface area contributed by atoms with Crippen LogP contribution in [0.25, 0.3) is 0 Å². The maximum atomic E-state index is 12.3. The third-order valence-corrected chi connectivity index (χ3v) is 5.07. The van der Waals surface area contributed by atoms with Crippen LogP contribution in [0, 0.1) is 23.7 Å². The molecule has 0 spiro atoms. The molecule has 0 bridgehead atoms. The molecule has 0 heterocycles. The highest BCUT2D eigenvalue weighted by Crippen LogP contribution is 2.10. The number of carbonyl (C=O) groups excluding carboxylic acids is 3. The van der Waals surface area contributed by atoms with Gasteiger partial charge in [-0.05, 0) is 80.1 Å². The lowest BCUT2D eigenvalue weighted by molar-refractivity contribution is -0.126. The van der Waals surface area contributed by atoms with E-state index in [0.29, 0.717) is 24.3 Å². The number of Topliss-reactive ketones (excluding diaryl/α,β-unsaturated/α-hetero) is 1. The van der Waals surface area contributed by atoms with Gasteiger partial charge in [0.25, 0.3) is 5.91 Å². The van der Waals surface area contributed by atoms with Gasteiger partial charge in [0.2, 0.25) is 5.91 Å². The van der Waals surface area contributed by atoms with E-state index in [1.807, 2.05) is 0 Å². The van der Waals surface area contributed by atoms with Crippen molar-refractivity contribution >= 4 is 23.3 Å². The minimum Gasteiger partial charge on any atom is -0.391 e. The van der Waals surface area contributed by atoms with Gasteiger partial charge < -0.3 is 25.6 Å². The van der Waals surface area contributed by atoms with Crippen LogP contribution < -0.4 is 10.6 Å². The number of unbranched alkanes of at least 4 members (excludes halogenated alkanes) is 1. The topological polar surface area (TPSA) is 125 Å². The number of methoxy groups -OCH3 is 1. The van der Waals surface area contributed by atoms with Crippen molar-refractivity contribution in [3.8, 4) is 23.7 Å². The fourth-order valence-electron chi connectivity index (χ4n) is 3.10. The monoisotopic (exact) mass is 490 g/mol. The molecule has 0 aliphatic carbocycles. The number of carbonyl (C=O) groups is 3. The fourth-order valence-corrected chi connectivity index (χ4v) is 3.10. The van der Waals surface area contributed by atoms with E-state index < -0.39 is 30.4 Å². The third-order valence-electron chi connectivity index (χ3n) is 5.07. The number of ether oxygens (including phenoxy) is 1. The molecule has 2 aromatic carbocycles. The first-order valence-electron chi connectivity index (χ1n) is 11.5. The predicted octanol–water partition coefficient (Wildman–Crippen LogP) is 1.89. The normalized spacial score (nSPS) is 11.7.